The monoisotopic (exact) mass is 564 g/mol. The van der Waals surface area contributed by atoms with Crippen LogP contribution in [0.4, 0.5) is 21.8 Å². The van der Waals surface area contributed by atoms with Crippen molar-refractivity contribution in [1.29, 1.82) is 0 Å². The third-order valence-electron chi connectivity index (χ3n) is 6.96. The number of hydrogen-bond donors (Lipinski definition) is 1. The predicted molar refractivity (Wildman–Crippen MR) is 151 cm³/mol. The number of fused-ring (bicyclic) bond motifs is 3. The second-order valence-electron chi connectivity index (χ2n) is 9.41. The molecule has 0 aliphatic carbocycles. The van der Waals surface area contributed by atoms with Gasteiger partial charge < -0.3 is 15.1 Å². The normalized spacial score (nSPS) is 16.2. The number of nitrogens with zero attached hydrogens (tertiary/aromatic N) is 7. The summed E-state index contributed by atoms with van der Waals surface area (Å²) in [6, 6.07) is 6.30. The Morgan fingerprint density at radius 2 is 1.92 bits per heavy atom. The molecule has 0 bridgehead atoms. The number of thiophene rings is 1. The lowest BCUT2D eigenvalue weighted by molar-refractivity contribution is -0.126. The summed E-state index contributed by atoms with van der Waals surface area (Å²) in [6.07, 6.45) is 9.40. The zero-order valence-corrected chi connectivity index (χ0v) is 22.6. The molecule has 6 rings (SSSR count). The van der Waals surface area contributed by atoms with E-state index in [0.29, 0.717) is 31.0 Å². The van der Waals surface area contributed by atoms with Crippen LogP contribution in [0.15, 0.2) is 55.1 Å². The van der Waals surface area contributed by atoms with Gasteiger partial charge in [-0.15, -0.1) is 11.3 Å². The van der Waals surface area contributed by atoms with Gasteiger partial charge in [0.05, 0.1) is 17.0 Å². The summed E-state index contributed by atoms with van der Waals surface area (Å²) in [5, 5.41) is 4.24. The molecule has 0 saturated carbocycles. The fraction of sp³-hybridized carbons (Fsp3) is 0.296. The van der Waals surface area contributed by atoms with E-state index in [-0.39, 0.29) is 10.9 Å². The van der Waals surface area contributed by atoms with Crippen LogP contribution in [0.3, 0.4) is 0 Å². The van der Waals surface area contributed by atoms with Crippen LogP contribution in [0.1, 0.15) is 10.4 Å². The molecule has 0 radical (unpaired) electrons. The van der Waals surface area contributed by atoms with Crippen molar-refractivity contribution in [2.75, 3.05) is 49.5 Å². The number of anilines is 3. The molecule has 4 aromatic rings. The van der Waals surface area contributed by atoms with Crippen molar-refractivity contribution < 1.29 is 9.18 Å². The first-order valence-electron chi connectivity index (χ1n) is 12.7. The SMILES string of the molecule is O=C(/C=C/CN1CCN(c2ncccn2)CC1)N1CCc2c(sc3ncnc(Nc4ccc(F)c(Cl)c4)c23)C1. The van der Waals surface area contributed by atoms with Crippen LogP contribution in [0.5, 0.6) is 0 Å². The molecule has 9 nitrogen and oxygen atoms in total. The van der Waals surface area contributed by atoms with Crippen LogP contribution in [0, 0.1) is 5.82 Å². The third-order valence-corrected chi connectivity index (χ3v) is 8.38. The molecule has 1 aromatic carbocycles. The summed E-state index contributed by atoms with van der Waals surface area (Å²) in [7, 11) is 0. The number of piperazine rings is 1. The first kappa shape index (κ1) is 25.6. The van der Waals surface area contributed by atoms with Crippen LogP contribution >= 0.6 is 22.9 Å². The van der Waals surface area contributed by atoms with Crippen molar-refractivity contribution in [3.63, 3.8) is 0 Å². The van der Waals surface area contributed by atoms with Gasteiger partial charge >= 0.3 is 0 Å². The second-order valence-corrected chi connectivity index (χ2v) is 10.9. The lowest BCUT2D eigenvalue weighted by Crippen LogP contribution is -2.47. The summed E-state index contributed by atoms with van der Waals surface area (Å²) in [5.41, 5.74) is 1.80. The quantitative estimate of drug-likeness (QED) is 0.347. The van der Waals surface area contributed by atoms with Gasteiger partial charge in [0.25, 0.3) is 0 Å². The van der Waals surface area contributed by atoms with Crippen molar-refractivity contribution in [1.82, 2.24) is 29.7 Å². The number of halogens is 2. The van der Waals surface area contributed by atoms with Gasteiger partial charge in [0.15, 0.2) is 0 Å². The maximum atomic E-state index is 13.6. The summed E-state index contributed by atoms with van der Waals surface area (Å²) in [6.45, 7) is 5.41. The highest BCUT2D eigenvalue weighted by molar-refractivity contribution is 7.19. The molecule has 39 heavy (non-hydrogen) atoms. The number of aromatic nitrogens is 4. The van der Waals surface area contributed by atoms with Crippen LogP contribution in [-0.2, 0) is 17.8 Å². The molecule has 0 atom stereocenters. The van der Waals surface area contributed by atoms with E-state index in [1.807, 2.05) is 17.0 Å². The number of nitrogens with one attached hydrogen (secondary N) is 1. The summed E-state index contributed by atoms with van der Waals surface area (Å²) in [4.78, 5) is 38.9. The number of rotatable bonds is 6. The third kappa shape index (κ3) is 5.56. The second kappa shape index (κ2) is 11.2. The number of amides is 1. The Morgan fingerprint density at radius 3 is 2.72 bits per heavy atom. The van der Waals surface area contributed by atoms with Crippen molar-refractivity contribution in [2.45, 2.75) is 13.0 Å². The van der Waals surface area contributed by atoms with Crippen molar-refractivity contribution in [2.24, 2.45) is 0 Å². The number of hydrogen-bond acceptors (Lipinski definition) is 9. The van der Waals surface area contributed by atoms with E-state index in [1.54, 1.807) is 35.9 Å². The van der Waals surface area contributed by atoms with Gasteiger partial charge in [0.2, 0.25) is 11.9 Å². The molecular formula is C27H26ClFN8OS. The molecule has 1 N–H and O–H groups in total. The lowest BCUT2D eigenvalue weighted by atomic mass is 10.0. The maximum absolute atomic E-state index is 13.6. The van der Waals surface area contributed by atoms with E-state index < -0.39 is 5.82 Å². The van der Waals surface area contributed by atoms with E-state index in [4.69, 9.17) is 11.6 Å². The largest absolute Gasteiger partial charge is 0.340 e. The minimum atomic E-state index is -0.470. The highest BCUT2D eigenvalue weighted by Gasteiger charge is 2.26. The summed E-state index contributed by atoms with van der Waals surface area (Å²) < 4.78 is 13.6. The zero-order valence-electron chi connectivity index (χ0n) is 21.1. The van der Waals surface area contributed by atoms with Gasteiger partial charge in [-0.05, 0) is 36.2 Å². The molecule has 0 spiro atoms. The van der Waals surface area contributed by atoms with Gasteiger partial charge in [0.1, 0.15) is 22.8 Å². The Kier molecular flexibility index (Phi) is 7.36. The average molecular weight is 565 g/mol. The number of carbonyl (C=O) groups excluding carboxylic acids is 1. The van der Waals surface area contributed by atoms with Gasteiger partial charge in [-0.3, -0.25) is 9.69 Å². The molecule has 5 heterocycles. The van der Waals surface area contributed by atoms with Gasteiger partial charge in [-0.1, -0.05) is 17.7 Å². The standard InChI is InChI=1S/C27H26ClFN8OS/c28-20-15-18(4-5-21(20)29)34-25-24-19-6-10-37(16-22(19)39-26(24)33-17-32-25)23(38)3-1-9-35-11-13-36(14-12-35)27-30-7-2-8-31-27/h1-5,7-8,15,17H,6,9-14,16H2,(H,32,33,34)/b3-1+. The predicted octanol–water partition coefficient (Wildman–Crippen LogP) is 4.28. The summed E-state index contributed by atoms with van der Waals surface area (Å²) >= 11 is 7.53. The highest BCUT2D eigenvalue weighted by Crippen LogP contribution is 2.38. The first-order chi connectivity index (χ1) is 19.0. The Balaban J connectivity index is 1.07. The Labute approximate surface area is 234 Å². The van der Waals surface area contributed by atoms with E-state index in [0.717, 1.165) is 59.3 Å². The fourth-order valence-electron chi connectivity index (χ4n) is 4.91. The lowest BCUT2D eigenvalue weighted by Gasteiger charge is -2.34. The topological polar surface area (TPSA) is 90.4 Å². The van der Waals surface area contributed by atoms with E-state index in [9.17, 15) is 9.18 Å². The molecule has 1 fully saturated rings. The molecule has 2 aliphatic heterocycles. The highest BCUT2D eigenvalue weighted by atomic mass is 35.5. The maximum Gasteiger partial charge on any atom is 0.246 e. The first-order valence-corrected chi connectivity index (χ1v) is 13.9. The minimum Gasteiger partial charge on any atom is -0.340 e. The molecule has 3 aromatic heterocycles. The molecule has 2 aliphatic rings. The van der Waals surface area contributed by atoms with Gasteiger partial charge in [-0.2, -0.15) is 0 Å². The van der Waals surface area contributed by atoms with Crippen molar-refractivity contribution in [3.8, 4) is 0 Å². The van der Waals surface area contributed by atoms with E-state index >= 15 is 0 Å². The molecule has 0 unspecified atom stereocenters. The zero-order chi connectivity index (χ0) is 26.8. The Morgan fingerprint density at radius 1 is 1.10 bits per heavy atom. The fourth-order valence-corrected chi connectivity index (χ4v) is 6.30. The Hall–Kier alpha value is -3.67. The van der Waals surface area contributed by atoms with Crippen LogP contribution < -0.4 is 10.2 Å². The van der Waals surface area contributed by atoms with Crippen molar-refractivity contribution in [3.05, 3.63) is 76.4 Å². The molecule has 200 valence electrons. The van der Waals surface area contributed by atoms with E-state index in [2.05, 4.69) is 35.1 Å². The van der Waals surface area contributed by atoms with Crippen LogP contribution in [0.2, 0.25) is 5.02 Å². The molecule has 1 amide bonds. The van der Waals surface area contributed by atoms with Crippen molar-refractivity contribution >= 4 is 56.5 Å². The summed E-state index contributed by atoms with van der Waals surface area (Å²) in [5.74, 6) is 0.961. The van der Waals surface area contributed by atoms with Crippen LogP contribution in [-0.4, -0.2) is 74.9 Å². The smallest absolute Gasteiger partial charge is 0.246 e. The van der Waals surface area contributed by atoms with E-state index in [1.165, 1.54) is 18.5 Å². The number of carbonyl (C=O) groups is 1. The molecule has 12 heteroatoms. The van der Waals surface area contributed by atoms with Gasteiger partial charge in [0, 0.05) is 68.3 Å². The molecule has 1 saturated heterocycles. The van der Waals surface area contributed by atoms with Gasteiger partial charge in [-0.25, -0.2) is 24.3 Å². The van der Waals surface area contributed by atoms with Crippen LogP contribution in [0.25, 0.3) is 10.2 Å². The number of benzene rings is 1. The Bertz CT molecular complexity index is 1520. The average Bonchev–Trinajstić information content (AvgIpc) is 3.35. The molecular weight excluding hydrogens is 539 g/mol. The minimum absolute atomic E-state index is 0.0137.